The van der Waals surface area contributed by atoms with E-state index in [4.69, 9.17) is 4.42 Å². The lowest BCUT2D eigenvalue weighted by molar-refractivity contribution is -0.131. The van der Waals surface area contributed by atoms with E-state index in [9.17, 15) is 9.59 Å². The molecule has 1 aliphatic heterocycles. The Labute approximate surface area is 145 Å². The van der Waals surface area contributed by atoms with Crippen LogP contribution in [0.25, 0.3) is 10.9 Å². The van der Waals surface area contributed by atoms with Gasteiger partial charge in [-0.3, -0.25) is 9.59 Å². The molecule has 2 amide bonds. The summed E-state index contributed by atoms with van der Waals surface area (Å²) in [6.07, 6.45) is 5.23. The van der Waals surface area contributed by atoms with Gasteiger partial charge >= 0.3 is 0 Å². The number of fused-ring (bicyclic) bond motifs is 1. The smallest absolute Gasteiger partial charge is 0.257 e. The molecule has 4 rings (SSSR count). The third-order valence-corrected chi connectivity index (χ3v) is 4.70. The van der Waals surface area contributed by atoms with Gasteiger partial charge in [0.15, 0.2) is 0 Å². The van der Waals surface area contributed by atoms with Gasteiger partial charge in [0.05, 0.1) is 18.2 Å². The zero-order chi connectivity index (χ0) is 17.2. The van der Waals surface area contributed by atoms with E-state index in [1.807, 2.05) is 35.4 Å². The minimum Gasteiger partial charge on any atom is -0.472 e. The van der Waals surface area contributed by atoms with Gasteiger partial charge in [0.1, 0.15) is 6.26 Å². The molecular weight excluding hydrogens is 318 g/mol. The largest absolute Gasteiger partial charge is 0.472 e. The molecule has 1 fully saturated rings. The van der Waals surface area contributed by atoms with Gasteiger partial charge < -0.3 is 19.2 Å². The number of para-hydroxylation sites is 1. The van der Waals surface area contributed by atoms with Crippen molar-refractivity contribution in [2.75, 3.05) is 26.2 Å². The van der Waals surface area contributed by atoms with Crippen LogP contribution in [-0.4, -0.2) is 52.8 Å². The van der Waals surface area contributed by atoms with Crippen molar-refractivity contribution in [1.29, 1.82) is 0 Å². The summed E-state index contributed by atoms with van der Waals surface area (Å²) in [6, 6.07) is 9.64. The Balaban J connectivity index is 1.37. The van der Waals surface area contributed by atoms with Gasteiger partial charge in [-0.1, -0.05) is 18.2 Å². The summed E-state index contributed by atoms with van der Waals surface area (Å²) in [6.45, 7) is 2.21. The van der Waals surface area contributed by atoms with E-state index in [0.29, 0.717) is 38.2 Å². The van der Waals surface area contributed by atoms with Crippen molar-refractivity contribution in [1.82, 2.24) is 14.8 Å². The molecule has 0 radical (unpaired) electrons. The van der Waals surface area contributed by atoms with Crippen LogP contribution in [0.5, 0.6) is 0 Å². The highest BCUT2D eigenvalue weighted by Gasteiger charge is 2.25. The van der Waals surface area contributed by atoms with Crippen LogP contribution in [-0.2, 0) is 11.2 Å². The van der Waals surface area contributed by atoms with Crippen LogP contribution in [0.1, 0.15) is 15.9 Å². The number of aromatic amines is 1. The van der Waals surface area contributed by atoms with Crippen molar-refractivity contribution in [3.05, 3.63) is 60.2 Å². The molecule has 0 unspecified atom stereocenters. The molecule has 3 heterocycles. The Kier molecular flexibility index (Phi) is 4.01. The zero-order valence-corrected chi connectivity index (χ0v) is 13.8. The minimum atomic E-state index is -0.0440. The fraction of sp³-hybridized carbons (Fsp3) is 0.263. The van der Waals surface area contributed by atoms with Crippen LogP contribution in [0.2, 0.25) is 0 Å². The fourth-order valence-electron chi connectivity index (χ4n) is 3.28. The molecule has 1 N–H and O–H groups in total. The number of hydrogen-bond acceptors (Lipinski definition) is 3. The monoisotopic (exact) mass is 337 g/mol. The van der Waals surface area contributed by atoms with Gasteiger partial charge in [-0.25, -0.2) is 0 Å². The van der Waals surface area contributed by atoms with Gasteiger partial charge in [-0.05, 0) is 17.7 Å². The van der Waals surface area contributed by atoms with E-state index in [1.165, 1.54) is 12.5 Å². The van der Waals surface area contributed by atoms with Gasteiger partial charge in [0, 0.05) is 43.3 Å². The zero-order valence-electron chi connectivity index (χ0n) is 13.8. The highest BCUT2D eigenvalue weighted by Crippen LogP contribution is 2.19. The molecule has 0 aliphatic carbocycles. The molecule has 0 spiro atoms. The maximum Gasteiger partial charge on any atom is 0.257 e. The average Bonchev–Trinajstić information content (AvgIpc) is 3.32. The standard InChI is InChI=1S/C19H19N3O3/c23-18(11-15-12-20-17-4-2-1-3-16(15)17)21-6-8-22(9-7-21)19(24)14-5-10-25-13-14/h1-5,10,12-13,20H,6-9,11H2. The lowest BCUT2D eigenvalue weighted by atomic mass is 10.1. The summed E-state index contributed by atoms with van der Waals surface area (Å²) in [4.78, 5) is 31.7. The van der Waals surface area contributed by atoms with Crippen LogP contribution in [0.15, 0.2) is 53.5 Å². The number of H-pyrrole nitrogens is 1. The molecule has 1 saturated heterocycles. The molecule has 128 valence electrons. The second-order valence-corrected chi connectivity index (χ2v) is 6.22. The molecule has 25 heavy (non-hydrogen) atoms. The van der Waals surface area contributed by atoms with Gasteiger partial charge in [-0.15, -0.1) is 0 Å². The molecule has 0 bridgehead atoms. The average molecular weight is 337 g/mol. The molecule has 6 nitrogen and oxygen atoms in total. The lowest BCUT2D eigenvalue weighted by Crippen LogP contribution is -2.50. The van der Waals surface area contributed by atoms with Gasteiger partial charge in [0.25, 0.3) is 5.91 Å². The first-order valence-electron chi connectivity index (χ1n) is 8.36. The molecule has 1 aliphatic rings. The Bertz CT molecular complexity index is 890. The van der Waals surface area contributed by atoms with E-state index in [0.717, 1.165) is 16.5 Å². The molecular formula is C19H19N3O3. The third kappa shape index (κ3) is 3.03. The Morgan fingerprint density at radius 2 is 1.80 bits per heavy atom. The molecule has 2 aromatic heterocycles. The SMILES string of the molecule is O=C(Cc1c[nH]c2ccccc12)N1CCN(C(=O)c2ccoc2)CC1. The topological polar surface area (TPSA) is 69.6 Å². The van der Waals surface area contributed by atoms with E-state index in [2.05, 4.69) is 4.98 Å². The van der Waals surface area contributed by atoms with E-state index >= 15 is 0 Å². The second kappa shape index (κ2) is 6.47. The van der Waals surface area contributed by atoms with Crippen molar-refractivity contribution in [3.8, 4) is 0 Å². The maximum atomic E-state index is 12.6. The lowest BCUT2D eigenvalue weighted by Gasteiger charge is -2.34. The summed E-state index contributed by atoms with van der Waals surface area (Å²) < 4.78 is 4.96. The quantitative estimate of drug-likeness (QED) is 0.797. The minimum absolute atomic E-state index is 0.0440. The van der Waals surface area contributed by atoms with Crippen molar-refractivity contribution >= 4 is 22.7 Å². The number of nitrogens with zero attached hydrogens (tertiary/aromatic N) is 2. The predicted molar refractivity (Wildman–Crippen MR) is 93.2 cm³/mol. The van der Waals surface area contributed by atoms with Crippen LogP contribution < -0.4 is 0 Å². The Hall–Kier alpha value is -3.02. The summed E-state index contributed by atoms with van der Waals surface area (Å²) in [5, 5.41) is 1.09. The molecule has 1 aromatic carbocycles. The van der Waals surface area contributed by atoms with E-state index in [-0.39, 0.29) is 11.8 Å². The highest BCUT2D eigenvalue weighted by atomic mass is 16.3. The van der Waals surface area contributed by atoms with Crippen molar-refractivity contribution in [3.63, 3.8) is 0 Å². The first-order valence-corrected chi connectivity index (χ1v) is 8.36. The first-order chi connectivity index (χ1) is 12.2. The van der Waals surface area contributed by atoms with Gasteiger partial charge in [0.2, 0.25) is 5.91 Å². The van der Waals surface area contributed by atoms with Gasteiger partial charge in [-0.2, -0.15) is 0 Å². The number of rotatable bonds is 3. The van der Waals surface area contributed by atoms with E-state index in [1.54, 1.807) is 11.0 Å². The number of piperazine rings is 1. The van der Waals surface area contributed by atoms with Crippen molar-refractivity contribution < 1.29 is 14.0 Å². The number of benzene rings is 1. The number of nitrogens with one attached hydrogen (secondary N) is 1. The maximum absolute atomic E-state index is 12.6. The van der Waals surface area contributed by atoms with Crippen LogP contribution in [0, 0.1) is 0 Å². The number of carbonyl (C=O) groups excluding carboxylic acids is 2. The molecule has 6 heteroatoms. The normalized spacial score (nSPS) is 14.9. The number of amides is 2. The summed E-state index contributed by atoms with van der Waals surface area (Å²) >= 11 is 0. The molecule has 0 saturated carbocycles. The summed E-state index contributed by atoms with van der Waals surface area (Å²) in [5.41, 5.74) is 2.61. The number of hydrogen-bond donors (Lipinski definition) is 1. The first kappa shape index (κ1) is 15.5. The highest BCUT2D eigenvalue weighted by molar-refractivity contribution is 5.94. The Morgan fingerprint density at radius 1 is 1.04 bits per heavy atom. The fourth-order valence-corrected chi connectivity index (χ4v) is 3.28. The van der Waals surface area contributed by atoms with Crippen LogP contribution in [0.4, 0.5) is 0 Å². The molecule has 3 aromatic rings. The summed E-state index contributed by atoms with van der Waals surface area (Å²) in [7, 11) is 0. The Morgan fingerprint density at radius 3 is 2.56 bits per heavy atom. The van der Waals surface area contributed by atoms with E-state index < -0.39 is 0 Å². The van der Waals surface area contributed by atoms with Crippen LogP contribution >= 0.6 is 0 Å². The predicted octanol–water partition coefficient (Wildman–Crippen LogP) is 2.29. The third-order valence-electron chi connectivity index (χ3n) is 4.70. The van der Waals surface area contributed by atoms with Crippen LogP contribution in [0.3, 0.4) is 0 Å². The number of carbonyl (C=O) groups is 2. The number of aromatic nitrogens is 1. The molecule has 0 atom stereocenters. The summed E-state index contributed by atoms with van der Waals surface area (Å²) in [5.74, 6) is 0.0534. The number of furan rings is 1. The van der Waals surface area contributed by atoms with Crippen molar-refractivity contribution in [2.45, 2.75) is 6.42 Å². The van der Waals surface area contributed by atoms with Crippen molar-refractivity contribution in [2.24, 2.45) is 0 Å². The second-order valence-electron chi connectivity index (χ2n) is 6.22.